The zero-order valence-corrected chi connectivity index (χ0v) is 10.1. The minimum atomic E-state index is 0.700. The van der Waals surface area contributed by atoms with E-state index in [2.05, 4.69) is 54.5 Å². The highest BCUT2D eigenvalue weighted by Gasteiger charge is 2.25. The Morgan fingerprint density at radius 2 is 2.20 bits per heavy atom. The van der Waals surface area contributed by atoms with E-state index in [4.69, 9.17) is 0 Å². The monoisotopic (exact) mass is 221 g/mol. The van der Waals surface area contributed by atoms with Crippen LogP contribution in [-0.2, 0) is 0 Å². The minimum absolute atomic E-state index is 0.700. The molecule has 1 aromatic carbocycles. The molecular formula is C13H19NS. The Bertz CT molecular complexity index is 280. The molecule has 2 heteroatoms. The van der Waals surface area contributed by atoms with E-state index in [0.29, 0.717) is 5.92 Å². The fraction of sp³-hybridized carbons (Fsp3) is 0.538. The normalized spacial score (nSPS) is 22.9. The van der Waals surface area contributed by atoms with Gasteiger partial charge in [-0.1, -0.05) is 30.3 Å². The van der Waals surface area contributed by atoms with Crippen LogP contribution in [0.2, 0.25) is 0 Å². The van der Waals surface area contributed by atoms with E-state index in [0.717, 1.165) is 12.5 Å². The molecule has 1 aliphatic heterocycles. The molecular weight excluding hydrogens is 202 g/mol. The molecule has 0 amide bonds. The second kappa shape index (κ2) is 5.57. The Hall–Kier alpha value is -0.470. The van der Waals surface area contributed by atoms with Crippen LogP contribution >= 0.6 is 11.8 Å². The summed E-state index contributed by atoms with van der Waals surface area (Å²) in [5.74, 6) is 4.25. The number of likely N-dealkylation sites (N-methyl/N-ethyl adjacent to an activating group) is 1. The maximum absolute atomic E-state index is 3.33. The number of hydrogen-bond acceptors (Lipinski definition) is 2. The SMILES string of the molecule is CNCC(c1ccccc1)C1CCSC1. The van der Waals surface area contributed by atoms with E-state index < -0.39 is 0 Å². The van der Waals surface area contributed by atoms with Crippen LogP contribution in [0.15, 0.2) is 30.3 Å². The van der Waals surface area contributed by atoms with Gasteiger partial charge in [-0.3, -0.25) is 0 Å². The van der Waals surface area contributed by atoms with Crippen LogP contribution in [0, 0.1) is 5.92 Å². The molecule has 0 bridgehead atoms. The third-order valence-corrected chi connectivity index (χ3v) is 4.37. The van der Waals surface area contributed by atoms with E-state index in [1.54, 1.807) is 0 Å². The average Bonchev–Trinajstić information content (AvgIpc) is 2.80. The molecule has 2 atom stereocenters. The summed E-state index contributed by atoms with van der Waals surface area (Å²) in [7, 11) is 2.05. The quantitative estimate of drug-likeness (QED) is 0.839. The number of benzene rings is 1. The lowest BCUT2D eigenvalue weighted by molar-refractivity contribution is 0.453. The third-order valence-electron chi connectivity index (χ3n) is 3.19. The first-order valence-corrected chi connectivity index (χ1v) is 6.84. The molecule has 15 heavy (non-hydrogen) atoms. The van der Waals surface area contributed by atoms with E-state index in [-0.39, 0.29) is 0 Å². The average molecular weight is 221 g/mol. The van der Waals surface area contributed by atoms with Crippen molar-refractivity contribution in [2.45, 2.75) is 12.3 Å². The Kier molecular flexibility index (Phi) is 4.09. The highest BCUT2D eigenvalue weighted by molar-refractivity contribution is 7.99. The van der Waals surface area contributed by atoms with E-state index in [1.807, 2.05) is 0 Å². The molecule has 0 radical (unpaired) electrons. The van der Waals surface area contributed by atoms with Crippen LogP contribution in [0.4, 0.5) is 0 Å². The Balaban J connectivity index is 2.11. The number of hydrogen-bond donors (Lipinski definition) is 1. The van der Waals surface area contributed by atoms with Gasteiger partial charge in [0.25, 0.3) is 0 Å². The fourth-order valence-electron chi connectivity index (χ4n) is 2.35. The van der Waals surface area contributed by atoms with Gasteiger partial charge in [0, 0.05) is 6.54 Å². The van der Waals surface area contributed by atoms with Crippen LogP contribution in [-0.4, -0.2) is 25.1 Å². The summed E-state index contributed by atoms with van der Waals surface area (Å²) >= 11 is 2.10. The Morgan fingerprint density at radius 1 is 1.40 bits per heavy atom. The van der Waals surface area contributed by atoms with Crippen molar-refractivity contribution >= 4 is 11.8 Å². The van der Waals surface area contributed by atoms with E-state index >= 15 is 0 Å². The summed E-state index contributed by atoms with van der Waals surface area (Å²) < 4.78 is 0. The lowest BCUT2D eigenvalue weighted by Crippen LogP contribution is -2.24. The lowest BCUT2D eigenvalue weighted by Gasteiger charge is -2.23. The van der Waals surface area contributed by atoms with Crippen molar-refractivity contribution in [2.24, 2.45) is 5.92 Å². The van der Waals surface area contributed by atoms with Gasteiger partial charge in [-0.25, -0.2) is 0 Å². The van der Waals surface area contributed by atoms with Crippen molar-refractivity contribution < 1.29 is 0 Å². The van der Waals surface area contributed by atoms with Gasteiger partial charge >= 0.3 is 0 Å². The molecule has 82 valence electrons. The van der Waals surface area contributed by atoms with Gasteiger partial charge in [0.05, 0.1) is 0 Å². The van der Waals surface area contributed by atoms with Crippen LogP contribution < -0.4 is 5.32 Å². The number of nitrogens with one attached hydrogen (secondary N) is 1. The van der Waals surface area contributed by atoms with Crippen molar-refractivity contribution in [1.82, 2.24) is 5.32 Å². The highest BCUT2D eigenvalue weighted by atomic mass is 32.2. The van der Waals surface area contributed by atoms with E-state index in [9.17, 15) is 0 Å². The lowest BCUT2D eigenvalue weighted by atomic mass is 9.85. The van der Waals surface area contributed by atoms with Gasteiger partial charge in [-0.05, 0) is 42.4 Å². The van der Waals surface area contributed by atoms with Crippen molar-refractivity contribution in [3.05, 3.63) is 35.9 Å². The first kappa shape index (κ1) is 11.0. The summed E-state index contributed by atoms with van der Waals surface area (Å²) in [5, 5.41) is 3.33. The van der Waals surface area contributed by atoms with Crippen molar-refractivity contribution in [1.29, 1.82) is 0 Å². The van der Waals surface area contributed by atoms with Crippen molar-refractivity contribution in [3.63, 3.8) is 0 Å². The summed E-state index contributed by atoms with van der Waals surface area (Å²) in [6.07, 6.45) is 1.38. The predicted molar refractivity (Wildman–Crippen MR) is 68.5 cm³/mol. The topological polar surface area (TPSA) is 12.0 Å². The fourth-order valence-corrected chi connectivity index (χ4v) is 3.68. The van der Waals surface area contributed by atoms with E-state index in [1.165, 1.54) is 23.5 Å². The van der Waals surface area contributed by atoms with Crippen molar-refractivity contribution in [2.75, 3.05) is 25.1 Å². The molecule has 1 heterocycles. The molecule has 1 N–H and O–H groups in total. The molecule has 1 aliphatic rings. The molecule has 0 aromatic heterocycles. The zero-order valence-electron chi connectivity index (χ0n) is 9.28. The maximum Gasteiger partial charge on any atom is 0.00201 e. The molecule has 0 spiro atoms. The van der Waals surface area contributed by atoms with Gasteiger partial charge < -0.3 is 5.32 Å². The maximum atomic E-state index is 3.33. The van der Waals surface area contributed by atoms with Crippen LogP contribution in [0.5, 0.6) is 0 Å². The van der Waals surface area contributed by atoms with Gasteiger partial charge in [0.1, 0.15) is 0 Å². The van der Waals surface area contributed by atoms with Crippen LogP contribution in [0.1, 0.15) is 17.9 Å². The zero-order chi connectivity index (χ0) is 10.5. The van der Waals surface area contributed by atoms with Gasteiger partial charge in [-0.2, -0.15) is 11.8 Å². The van der Waals surface area contributed by atoms with Crippen LogP contribution in [0.3, 0.4) is 0 Å². The molecule has 1 fully saturated rings. The second-order valence-corrected chi connectivity index (χ2v) is 5.35. The number of thioether (sulfide) groups is 1. The minimum Gasteiger partial charge on any atom is -0.319 e. The summed E-state index contributed by atoms with van der Waals surface area (Å²) in [5.41, 5.74) is 1.50. The second-order valence-electron chi connectivity index (χ2n) is 4.20. The summed E-state index contributed by atoms with van der Waals surface area (Å²) in [6, 6.07) is 10.9. The molecule has 1 nitrogen and oxygen atoms in total. The van der Waals surface area contributed by atoms with Gasteiger partial charge in [0.15, 0.2) is 0 Å². The van der Waals surface area contributed by atoms with Gasteiger partial charge in [-0.15, -0.1) is 0 Å². The third kappa shape index (κ3) is 2.76. The molecule has 0 saturated carbocycles. The van der Waals surface area contributed by atoms with Crippen molar-refractivity contribution in [3.8, 4) is 0 Å². The molecule has 0 aliphatic carbocycles. The first-order valence-electron chi connectivity index (χ1n) is 5.69. The highest BCUT2D eigenvalue weighted by Crippen LogP contribution is 2.35. The largest absolute Gasteiger partial charge is 0.319 e. The molecule has 2 rings (SSSR count). The van der Waals surface area contributed by atoms with Gasteiger partial charge in [0.2, 0.25) is 0 Å². The molecule has 2 unspecified atom stereocenters. The molecule has 1 aromatic rings. The first-order chi connectivity index (χ1) is 7.42. The Labute approximate surface area is 96.7 Å². The number of rotatable bonds is 4. The summed E-state index contributed by atoms with van der Waals surface area (Å²) in [4.78, 5) is 0. The predicted octanol–water partition coefficient (Wildman–Crippen LogP) is 2.74. The smallest absolute Gasteiger partial charge is 0.00201 e. The summed E-state index contributed by atoms with van der Waals surface area (Å²) in [6.45, 7) is 1.11. The Morgan fingerprint density at radius 3 is 2.80 bits per heavy atom. The molecule has 1 saturated heterocycles. The van der Waals surface area contributed by atoms with Crippen LogP contribution in [0.25, 0.3) is 0 Å². The standard InChI is InChI=1S/C13H19NS/c1-14-9-13(12-7-8-15-10-12)11-5-3-2-4-6-11/h2-6,12-14H,7-10H2,1H3.